The standard InChI is InChI=1S/C22H27N3O2/c1-22(2)12-18(24-15-8-4-3-5-9-15)16-10-6-7-11-17(16)20(22)25-14-23-13-19(25)21(26)27/h6,10,13-15,18,20,24H,3-5,8-9,12H2,1-2H3,(H,26,27). The second-order valence-electron chi connectivity index (χ2n) is 8.61. The van der Waals surface area contributed by atoms with Gasteiger partial charge in [-0.3, -0.25) is 0 Å². The molecule has 1 heterocycles. The molecule has 0 spiro atoms. The number of imidazole rings is 1. The number of carboxylic acids is 1. The summed E-state index contributed by atoms with van der Waals surface area (Å²) in [6.07, 6.45) is 10.4. The molecular weight excluding hydrogens is 338 g/mol. The average molecular weight is 365 g/mol. The van der Waals surface area contributed by atoms with Crippen molar-refractivity contribution in [3.05, 3.63) is 53.6 Å². The quantitative estimate of drug-likeness (QED) is 0.853. The normalized spacial score (nSPS) is 24.8. The van der Waals surface area contributed by atoms with Crippen LogP contribution in [0, 0.1) is 17.5 Å². The maximum Gasteiger partial charge on any atom is 0.354 e. The van der Waals surface area contributed by atoms with Gasteiger partial charge in [-0.15, -0.1) is 0 Å². The molecule has 1 aromatic heterocycles. The summed E-state index contributed by atoms with van der Waals surface area (Å²) in [4.78, 5) is 15.8. The van der Waals surface area contributed by atoms with Gasteiger partial charge in [0.15, 0.2) is 0 Å². The minimum absolute atomic E-state index is 0.122. The summed E-state index contributed by atoms with van der Waals surface area (Å²) < 4.78 is 1.79. The number of aromatic carboxylic acids is 1. The molecule has 0 saturated heterocycles. The van der Waals surface area contributed by atoms with Gasteiger partial charge in [0, 0.05) is 17.6 Å². The number of hydrogen-bond donors (Lipinski definition) is 2. The number of nitrogens with zero attached hydrogens (tertiary/aromatic N) is 2. The lowest BCUT2D eigenvalue weighted by Gasteiger charge is -2.45. The van der Waals surface area contributed by atoms with E-state index < -0.39 is 5.97 Å². The van der Waals surface area contributed by atoms with Crippen LogP contribution in [0.5, 0.6) is 0 Å². The summed E-state index contributed by atoms with van der Waals surface area (Å²) >= 11 is 0. The van der Waals surface area contributed by atoms with Crippen molar-refractivity contribution in [2.45, 2.75) is 70.5 Å². The van der Waals surface area contributed by atoms with Crippen LogP contribution in [0.15, 0.2) is 24.7 Å². The number of fused-ring (bicyclic) bond motifs is 1. The monoisotopic (exact) mass is 365 g/mol. The van der Waals surface area contributed by atoms with Gasteiger partial charge >= 0.3 is 5.97 Å². The second-order valence-corrected chi connectivity index (χ2v) is 8.61. The third kappa shape index (κ3) is 3.35. The zero-order chi connectivity index (χ0) is 19.0. The van der Waals surface area contributed by atoms with E-state index in [9.17, 15) is 9.90 Å². The van der Waals surface area contributed by atoms with Gasteiger partial charge in [-0.2, -0.15) is 0 Å². The van der Waals surface area contributed by atoms with Crippen LogP contribution in [0.3, 0.4) is 0 Å². The largest absolute Gasteiger partial charge is 0.477 e. The van der Waals surface area contributed by atoms with Gasteiger partial charge in [-0.25, -0.2) is 9.78 Å². The zero-order valence-corrected chi connectivity index (χ0v) is 16.0. The van der Waals surface area contributed by atoms with Crippen molar-refractivity contribution in [3.8, 4) is 0 Å². The molecule has 5 heteroatoms. The van der Waals surface area contributed by atoms with Crippen LogP contribution in [-0.2, 0) is 0 Å². The molecule has 0 radical (unpaired) electrons. The first-order valence-electron chi connectivity index (χ1n) is 9.91. The Morgan fingerprint density at radius 1 is 1.33 bits per heavy atom. The molecule has 0 bridgehead atoms. The van der Waals surface area contributed by atoms with Crippen molar-refractivity contribution < 1.29 is 9.90 Å². The van der Waals surface area contributed by atoms with E-state index in [2.05, 4.69) is 42.3 Å². The van der Waals surface area contributed by atoms with E-state index in [4.69, 9.17) is 0 Å². The van der Waals surface area contributed by atoms with Crippen molar-refractivity contribution >= 4 is 5.97 Å². The molecule has 2 aliphatic rings. The highest BCUT2D eigenvalue weighted by Gasteiger charge is 2.43. The Morgan fingerprint density at radius 2 is 2.11 bits per heavy atom. The molecule has 2 aromatic rings. The molecule has 0 aliphatic heterocycles. The van der Waals surface area contributed by atoms with E-state index in [-0.39, 0.29) is 23.2 Å². The first-order chi connectivity index (χ1) is 13.0. The van der Waals surface area contributed by atoms with Crippen LogP contribution in [-0.4, -0.2) is 26.7 Å². The lowest BCUT2D eigenvalue weighted by atomic mass is 9.68. The summed E-state index contributed by atoms with van der Waals surface area (Å²) in [5.41, 5.74) is 2.32. The van der Waals surface area contributed by atoms with Gasteiger partial charge in [-0.05, 0) is 42.4 Å². The highest BCUT2D eigenvalue weighted by molar-refractivity contribution is 5.85. The van der Waals surface area contributed by atoms with Gasteiger partial charge in [0.2, 0.25) is 0 Å². The lowest BCUT2D eigenvalue weighted by Crippen LogP contribution is -2.43. The number of aromatic nitrogens is 2. The molecule has 5 nitrogen and oxygen atoms in total. The molecular formula is C22H27N3O2. The van der Waals surface area contributed by atoms with Crippen molar-refractivity contribution in [1.82, 2.24) is 14.9 Å². The number of carboxylic acid groups (broad SMARTS) is 1. The molecule has 2 unspecified atom stereocenters. The van der Waals surface area contributed by atoms with E-state index in [1.165, 1.54) is 43.9 Å². The minimum atomic E-state index is -0.952. The van der Waals surface area contributed by atoms with Crippen molar-refractivity contribution in [1.29, 1.82) is 0 Å². The van der Waals surface area contributed by atoms with Crippen LogP contribution < -0.4 is 5.32 Å². The van der Waals surface area contributed by atoms with E-state index in [0.29, 0.717) is 6.04 Å². The smallest absolute Gasteiger partial charge is 0.354 e. The summed E-state index contributed by atoms with van der Waals surface area (Å²) in [6, 6.07) is 11.1. The molecule has 0 amide bonds. The number of hydrogen-bond acceptors (Lipinski definition) is 3. The fourth-order valence-corrected chi connectivity index (χ4v) is 4.98. The Kier molecular flexibility index (Phi) is 4.69. The molecule has 142 valence electrons. The minimum Gasteiger partial charge on any atom is -0.477 e. The summed E-state index contributed by atoms with van der Waals surface area (Å²) in [6.45, 7) is 4.42. The third-order valence-electron chi connectivity index (χ3n) is 6.19. The van der Waals surface area contributed by atoms with Crippen LogP contribution in [0.4, 0.5) is 0 Å². The first-order valence-corrected chi connectivity index (χ1v) is 9.91. The van der Waals surface area contributed by atoms with E-state index in [0.717, 1.165) is 12.0 Å². The Hall–Kier alpha value is -2.32. The topological polar surface area (TPSA) is 67.2 Å². The molecule has 2 N–H and O–H groups in total. The van der Waals surface area contributed by atoms with Gasteiger partial charge < -0.3 is 15.0 Å². The predicted molar refractivity (Wildman–Crippen MR) is 103 cm³/mol. The Morgan fingerprint density at radius 3 is 2.85 bits per heavy atom. The van der Waals surface area contributed by atoms with Crippen LogP contribution >= 0.6 is 0 Å². The third-order valence-corrected chi connectivity index (χ3v) is 6.19. The molecule has 4 rings (SSSR count). The SMILES string of the molecule is CC1(C)CC(NC2CCCCC2)c2ccc#cc2C1n1cncc1C(=O)O. The van der Waals surface area contributed by atoms with Crippen LogP contribution in [0.2, 0.25) is 0 Å². The van der Waals surface area contributed by atoms with E-state index >= 15 is 0 Å². The molecule has 1 saturated carbocycles. The van der Waals surface area contributed by atoms with Gasteiger partial charge in [0.05, 0.1) is 18.6 Å². The lowest BCUT2D eigenvalue weighted by molar-refractivity contribution is 0.0675. The summed E-state index contributed by atoms with van der Waals surface area (Å²) in [5, 5.41) is 13.5. The highest BCUT2D eigenvalue weighted by Crippen LogP contribution is 2.49. The Balaban J connectivity index is 1.73. The fourth-order valence-electron chi connectivity index (χ4n) is 4.98. The Labute approximate surface area is 160 Å². The van der Waals surface area contributed by atoms with Gasteiger partial charge in [0.25, 0.3) is 0 Å². The van der Waals surface area contributed by atoms with Gasteiger partial charge in [0.1, 0.15) is 5.69 Å². The van der Waals surface area contributed by atoms with Crippen molar-refractivity contribution in [2.75, 3.05) is 0 Å². The molecule has 2 aliphatic carbocycles. The number of rotatable bonds is 4. The van der Waals surface area contributed by atoms with E-state index in [1.54, 1.807) is 10.9 Å². The van der Waals surface area contributed by atoms with Gasteiger partial charge in [-0.1, -0.05) is 45.2 Å². The van der Waals surface area contributed by atoms with Crippen molar-refractivity contribution in [3.63, 3.8) is 0 Å². The summed E-state index contributed by atoms with van der Waals surface area (Å²) in [5.74, 6) is -0.952. The Bertz CT molecular complexity index is 820. The maximum atomic E-state index is 11.7. The van der Waals surface area contributed by atoms with Crippen LogP contribution in [0.25, 0.3) is 0 Å². The second kappa shape index (κ2) is 7.01. The van der Waals surface area contributed by atoms with E-state index in [1.807, 2.05) is 6.07 Å². The fraction of sp³-hybridized carbons (Fsp3) is 0.545. The van der Waals surface area contributed by atoms with Crippen LogP contribution in [0.1, 0.15) is 86.1 Å². The molecule has 1 fully saturated rings. The zero-order valence-electron chi connectivity index (χ0n) is 16.0. The summed E-state index contributed by atoms with van der Waals surface area (Å²) in [7, 11) is 0. The van der Waals surface area contributed by atoms with Crippen molar-refractivity contribution in [2.24, 2.45) is 5.41 Å². The maximum absolute atomic E-state index is 11.7. The average Bonchev–Trinajstić information content (AvgIpc) is 3.11. The number of carbonyl (C=O) groups is 1. The molecule has 2 atom stereocenters. The molecule has 27 heavy (non-hydrogen) atoms. The molecule has 1 aromatic carbocycles. The predicted octanol–water partition coefficient (Wildman–Crippen LogP) is 4.16. The number of nitrogens with one attached hydrogen (secondary N) is 1. The first kappa shape index (κ1) is 18.1. The highest BCUT2D eigenvalue weighted by atomic mass is 16.4.